The molecule has 0 fully saturated rings. The van der Waals surface area contributed by atoms with Crippen LogP contribution in [0.3, 0.4) is 0 Å². The largest absolute Gasteiger partial charge is 0.325 e. The molecule has 0 atom stereocenters. The number of carbonyl (C=O) groups excluding carboxylic acids is 1. The molecule has 0 saturated heterocycles. The van der Waals surface area contributed by atoms with Gasteiger partial charge < -0.3 is 10.2 Å². The van der Waals surface area contributed by atoms with E-state index >= 15 is 0 Å². The van der Waals surface area contributed by atoms with Crippen LogP contribution in [0, 0.1) is 5.82 Å². The highest BCUT2D eigenvalue weighted by molar-refractivity contribution is 7.89. The molecule has 1 aromatic rings. The fourth-order valence-electron chi connectivity index (χ4n) is 1.55. The summed E-state index contributed by atoms with van der Waals surface area (Å²) in [5.74, 6) is -0.665. The molecule has 0 aliphatic carbocycles. The molecule has 0 unspecified atom stereocenters. The predicted molar refractivity (Wildman–Crippen MR) is 69.7 cm³/mol. The van der Waals surface area contributed by atoms with Gasteiger partial charge in [0.15, 0.2) is 0 Å². The smallest absolute Gasteiger partial charge is 0.321 e. The summed E-state index contributed by atoms with van der Waals surface area (Å²) < 4.78 is 35.8. The molecule has 0 radical (unpaired) electrons. The van der Waals surface area contributed by atoms with Crippen LogP contribution >= 0.6 is 0 Å². The number of rotatable bonds is 4. The van der Waals surface area contributed by atoms with E-state index in [-0.39, 0.29) is 10.6 Å². The molecule has 0 aromatic heterocycles. The van der Waals surface area contributed by atoms with Crippen LogP contribution in [0.5, 0.6) is 0 Å². The van der Waals surface area contributed by atoms with Gasteiger partial charge in [-0.1, -0.05) is 0 Å². The van der Waals surface area contributed by atoms with Crippen molar-refractivity contribution in [3.8, 4) is 0 Å². The highest BCUT2D eigenvalue weighted by Crippen LogP contribution is 2.21. The Balaban J connectivity index is 3.13. The summed E-state index contributed by atoms with van der Waals surface area (Å²) in [6.45, 7) is 4.44. The molecule has 0 aliphatic heterocycles. The van der Waals surface area contributed by atoms with Crippen LogP contribution in [0.15, 0.2) is 23.1 Å². The quantitative estimate of drug-likeness (QED) is 0.876. The van der Waals surface area contributed by atoms with Crippen molar-refractivity contribution < 1.29 is 17.6 Å². The zero-order valence-corrected chi connectivity index (χ0v) is 11.5. The van der Waals surface area contributed by atoms with E-state index in [0.717, 1.165) is 18.2 Å². The average molecular weight is 289 g/mol. The first-order valence-corrected chi connectivity index (χ1v) is 7.22. The summed E-state index contributed by atoms with van der Waals surface area (Å²) >= 11 is 0. The molecule has 1 rings (SSSR count). The van der Waals surface area contributed by atoms with Crippen molar-refractivity contribution in [3.63, 3.8) is 0 Å². The van der Waals surface area contributed by atoms with Gasteiger partial charge in [-0.3, -0.25) is 0 Å². The zero-order chi connectivity index (χ0) is 14.6. The minimum Gasteiger partial charge on any atom is -0.325 e. The molecule has 0 aliphatic rings. The lowest BCUT2D eigenvalue weighted by Gasteiger charge is -2.20. The Morgan fingerprint density at radius 3 is 2.42 bits per heavy atom. The van der Waals surface area contributed by atoms with E-state index in [1.807, 2.05) is 0 Å². The summed E-state index contributed by atoms with van der Waals surface area (Å²) in [6, 6.07) is 2.39. The standard InChI is InChI=1S/C11H16FN3O3S/c1-3-15(4-2)11(16)14-9-7-8(12)5-6-10(9)19(13,17)18/h5-7H,3-4H2,1-2H3,(H,14,16)(H2,13,17,18). The third kappa shape index (κ3) is 3.90. The van der Waals surface area contributed by atoms with Gasteiger partial charge in [-0.05, 0) is 32.0 Å². The Morgan fingerprint density at radius 2 is 1.95 bits per heavy atom. The Morgan fingerprint density at radius 1 is 1.37 bits per heavy atom. The Hall–Kier alpha value is -1.67. The summed E-state index contributed by atoms with van der Waals surface area (Å²) in [5, 5.41) is 7.36. The van der Waals surface area contributed by atoms with Gasteiger partial charge in [0.2, 0.25) is 10.0 Å². The van der Waals surface area contributed by atoms with Gasteiger partial charge in [0, 0.05) is 13.1 Å². The van der Waals surface area contributed by atoms with Crippen LogP contribution in [0.2, 0.25) is 0 Å². The van der Waals surface area contributed by atoms with Crippen molar-refractivity contribution in [2.24, 2.45) is 5.14 Å². The number of hydrogen-bond acceptors (Lipinski definition) is 3. The van der Waals surface area contributed by atoms with E-state index in [1.165, 1.54) is 4.90 Å². The van der Waals surface area contributed by atoms with E-state index in [9.17, 15) is 17.6 Å². The summed E-state index contributed by atoms with van der Waals surface area (Å²) in [5.41, 5.74) is -0.167. The van der Waals surface area contributed by atoms with Gasteiger partial charge >= 0.3 is 6.03 Å². The predicted octanol–water partition coefficient (Wildman–Crippen LogP) is 1.35. The van der Waals surface area contributed by atoms with Gasteiger partial charge in [-0.15, -0.1) is 0 Å². The van der Waals surface area contributed by atoms with Crippen molar-refractivity contribution in [2.45, 2.75) is 18.7 Å². The molecular weight excluding hydrogens is 273 g/mol. The monoisotopic (exact) mass is 289 g/mol. The van der Waals surface area contributed by atoms with Crippen molar-refractivity contribution in [1.29, 1.82) is 0 Å². The van der Waals surface area contributed by atoms with Crippen LogP contribution in [0.1, 0.15) is 13.8 Å². The number of nitrogens with two attached hydrogens (primary N) is 1. The molecule has 3 N–H and O–H groups in total. The van der Waals surface area contributed by atoms with Gasteiger partial charge in [-0.2, -0.15) is 0 Å². The minimum atomic E-state index is -4.03. The van der Waals surface area contributed by atoms with E-state index in [0.29, 0.717) is 13.1 Å². The second-order valence-corrected chi connectivity index (χ2v) is 5.32. The summed E-state index contributed by atoms with van der Waals surface area (Å²) in [7, 11) is -4.03. The molecular formula is C11H16FN3O3S. The third-order valence-electron chi connectivity index (χ3n) is 2.54. The molecule has 6 nitrogen and oxygen atoms in total. The number of urea groups is 1. The maximum Gasteiger partial charge on any atom is 0.321 e. The van der Waals surface area contributed by atoms with Gasteiger partial charge in [0.25, 0.3) is 0 Å². The number of halogens is 1. The first-order chi connectivity index (χ1) is 8.79. The molecule has 0 saturated carbocycles. The lowest BCUT2D eigenvalue weighted by Crippen LogP contribution is -2.35. The Labute approximate surface area is 111 Å². The van der Waals surface area contributed by atoms with E-state index in [4.69, 9.17) is 5.14 Å². The SMILES string of the molecule is CCN(CC)C(=O)Nc1cc(F)ccc1S(N)(=O)=O. The molecule has 0 spiro atoms. The molecule has 2 amide bonds. The van der Waals surface area contributed by atoms with Gasteiger partial charge in [0.05, 0.1) is 5.69 Å². The number of carbonyl (C=O) groups is 1. The topological polar surface area (TPSA) is 92.5 Å². The van der Waals surface area contributed by atoms with Crippen molar-refractivity contribution in [2.75, 3.05) is 18.4 Å². The number of hydrogen-bond donors (Lipinski definition) is 2. The second-order valence-electron chi connectivity index (χ2n) is 3.79. The normalized spacial score (nSPS) is 11.2. The number of nitrogens with one attached hydrogen (secondary N) is 1. The third-order valence-corrected chi connectivity index (χ3v) is 3.51. The Kier molecular flexibility index (Phi) is 4.84. The van der Waals surface area contributed by atoms with Gasteiger partial charge in [0.1, 0.15) is 10.7 Å². The van der Waals surface area contributed by atoms with Crippen LogP contribution < -0.4 is 10.5 Å². The van der Waals surface area contributed by atoms with Crippen molar-refractivity contribution in [3.05, 3.63) is 24.0 Å². The Bertz CT molecular complexity index is 571. The minimum absolute atomic E-state index is 0.167. The highest BCUT2D eigenvalue weighted by Gasteiger charge is 2.18. The molecule has 1 aromatic carbocycles. The van der Waals surface area contributed by atoms with E-state index in [1.54, 1.807) is 13.8 Å². The lowest BCUT2D eigenvalue weighted by atomic mass is 10.3. The van der Waals surface area contributed by atoms with Crippen LogP contribution in [-0.4, -0.2) is 32.4 Å². The van der Waals surface area contributed by atoms with Crippen LogP contribution in [0.25, 0.3) is 0 Å². The highest BCUT2D eigenvalue weighted by atomic mass is 32.2. The first-order valence-electron chi connectivity index (χ1n) is 5.67. The molecule has 19 heavy (non-hydrogen) atoms. The second kappa shape index (κ2) is 5.98. The fourth-order valence-corrected chi connectivity index (χ4v) is 2.23. The van der Waals surface area contributed by atoms with Crippen molar-refractivity contribution >= 4 is 21.7 Å². The zero-order valence-electron chi connectivity index (χ0n) is 10.7. The summed E-state index contributed by atoms with van der Waals surface area (Å²) in [4.78, 5) is 12.9. The molecule has 8 heteroatoms. The van der Waals surface area contributed by atoms with Gasteiger partial charge in [-0.25, -0.2) is 22.7 Å². The maximum atomic E-state index is 13.2. The van der Waals surface area contributed by atoms with Crippen molar-refractivity contribution in [1.82, 2.24) is 4.90 Å². The fraction of sp³-hybridized carbons (Fsp3) is 0.364. The lowest BCUT2D eigenvalue weighted by molar-refractivity contribution is 0.217. The number of anilines is 1. The average Bonchev–Trinajstić information content (AvgIpc) is 2.28. The summed E-state index contributed by atoms with van der Waals surface area (Å²) in [6.07, 6.45) is 0. The van der Waals surface area contributed by atoms with E-state index in [2.05, 4.69) is 5.32 Å². The molecule has 0 bridgehead atoms. The number of nitrogens with zero attached hydrogens (tertiary/aromatic N) is 1. The number of sulfonamides is 1. The number of primary sulfonamides is 1. The molecule has 0 heterocycles. The van der Waals surface area contributed by atoms with Crippen LogP contribution in [-0.2, 0) is 10.0 Å². The van der Waals surface area contributed by atoms with E-state index < -0.39 is 21.9 Å². The maximum absolute atomic E-state index is 13.2. The van der Waals surface area contributed by atoms with Crippen LogP contribution in [0.4, 0.5) is 14.9 Å². The number of amides is 2. The number of benzene rings is 1. The molecule has 106 valence electrons. The first kappa shape index (κ1) is 15.4.